The summed E-state index contributed by atoms with van der Waals surface area (Å²) in [6.45, 7) is 0. The summed E-state index contributed by atoms with van der Waals surface area (Å²) in [5.74, 6) is 0.0631. The van der Waals surface area contributed by atoms with Crippen LogP contribution in [0.1, 0.15) is 25.7 Å². The lowest BCUT2D eigenvalue weighted by atomic mass is 9.83. The van der Waals surface area contributed by atoms with Crippen LogP contribution in [-0.4, -0.2) is 24.5 Å². The summed E-state index contributed by atoms with van der Waals surface area (Å²) in [5, 5.41) is 8.76. The summed E-state index contributed by atoms with van der Waals surface area (Å²) in [6, 6.07) is 1.89. The Bertz CT molecular complexity index is 294. The van der Waals surface area contributed by atoms with E-state index >= 15 is 0 Å². The fourth-order valence-corrected chi connectivity index (χ4v) is 2.22. The number of halogens is 1. The maximum absolute atomic E-state index is 12.9. The van der Waals surface area contributed by atoms with Crippen molar-refractivity contribution < 1.29 is 18.7 Å². The molecule has 1 saturated heterocycles. The molecule has 0 aromatic carbocycles. The fraction of sp³-hybridized carbons (Fsp3) is 0.800. The average Bonchev–Trinajstić information content (AvgIpc) is 2.61. The molecule has 2 unspecified atom stereocenters. The first-order valence-corrected chi connectivity index (χ1v) is 5.11. The molecule has 0 aromatic heterocycles. The Labute approximate surface area is 87.0 Å². The minimum atomic E-state index is -0.821. The van der Waals surface area contributed by atoms with Crippen LogP contribution in [0, 0.1) is 17.2 Å². The highest BCUT2D eigenvalue weighted by atomic mass is 19.1. The number of ether oxygens (including phenoxy) is 2. The van der Waals surface area contributed by atoms with Crippen molar-refractivity contribution in [2.24, 2.45) is 5.92 Å². The van der Waals surface area contributed by atoms with Gasteiger partial charge >= 0.3 is 6.16 Å². The molecule has 0 spiro atoms. The van der Waals surface area contributed by atoms with E-state index in [0.717, 1.165) is 0 Å². The Morgan fingerprint density at radius 2 is 1.93 bits per heavy atom. The van der Waals surface area contributed by atoms with Crippen LogP contribution in [0.25, 0.3) is 0 Å². The fourth-order valence-electron chi connectivity index (χ4n) is 2.22. The summed E-state index contributed by atoms with van der Waals surface area (Å²) in [5.41, 5.74) is 0. The molecule has 0 bridgehead atoms. The van der Waals surface area contributed by atoms with Crippen LogP contribution in [0.15, 0.2) is 0 Å². The number of rotatable bonds is 1. The molecular formula is C10H12FNO3. The molecule has 2 fully saturated rings. The van der Waals surface area contributed by atoms with Gasteiger partial charge in [0.25, 0.3) is 0 Å². The Morgan fingerprint density at radius 1 is 1.27 bits per heavy atom. The summed E-state index contributed by atoms with van der Waals surface area (Å²) < 4.78 is 22.5. The van der Waals surface area contributed by atoms with Gasteiger partial charge in [0.05, 0.1) is 0 Å². The molecule has 2 rings (SSSR count). The smallest absolute Gasteiger partial charge is 0.425 e. The molecule has 1 aliphatic heterocycles. The second-order valence-corrected chi connectivity index (χ2v) is 4.01. The molecule has 1 aliphatic carbocycles. The number of hydrogen-bond donors (Lipinski definition) is 0. The van der Waals surface area contributed by atoms with Gasteiger partial charge in [-0.1, -0.05) is 0 Å². The van der Waals surface area contributed by atoms with Crippen LogP contribution in [0.2, 0.25) is 0 Å². The summed E-state index contributed by atoms with van der Waals surface area (Å²) >= 11 is 0. The molecule has 5 heteroatoms. The van der Waals surface area contributed by atoms with Crippen molar-refractivity contribution >= 4 is 6.16 Å². The van der Waals surface area contributed by atoms with E-state index in [2.05, 4.69) is 4.74 Å². The third-order valence-corrected chi connectivity index (χ3v) is 3.05. The first-order valence-electron chi connectivity index (χ1n) is 5.11. The Kier molecular flexibility index (Phi) is 2.76. The number of carbonyl (C=O) groups excluding carboxylic acids is 1. The van der Waals surface area contributed by atoms with Gasteiger partial charge in [-0.25, -0.2) is 9.18 Å². The van der Waals surface area contributed by atoms with Crippen molar-refractivity contribution in [3.05, 3.63) is 0 Å². The summed E-state index contributed by atoms with van der Waals surface area (Å²) in [7, 11) is 0. The van der Waals surface area contributed by atoms with Gasteiger partial charge in [-0.3, -0.25) is 0 Å². The van der Waals surface area contributed by atoms with Gasteiger partial charge in [-0.2, -0.15) is 5.26 Å². The molecule has 2 atom stereocenters. The van der Waals surface area contributed by atoms with E-state index in [1.165, 1.54) is 0 Å². The lowest BCUT2D eigenvalue weighted by molar-refractivity contribution is 0.0668. The van der Waals surface area contributed by atoms with E-state index in [9.17, 15) is 9.18 Å². The van der Waals surface area contributed by atoms with Gasteiger partial charge in [0, 0.05) is 5.92 Å². The zero-order valence-electron chi connectivity index (χ0n) is 8.19. The van der Waals surface area contributed by atoms with Gasteiger partial charge in [0.2, 0.25) is 6.10 Å². The Balaban J connectivity index is 1.98. The maximum atomic E-state index is 12.9. The van der Waals surface area contributed by atoms with Gasteiger partial charge in [0.15, 0.2) is 6.10 Å². The van der Waals surface area contributed by atoms with Crippen LogP contribution in [-0.2, 0) is 9.47 Å². The van der Waals surface area contributed by atoms with Crippen LogP contribution in [0.3, 0.4) is 0 Å². The summed E-state index contributed by atoms with van der Waals surface area (Å²) in [6.07, 6.45) is -0.586. The quantitative estimate of drug-likeness (QED) is 0.624. The van der Waals surface area contributed by atoms with E-state index in [1.54, 1.807) is 0 Å². The van der Waals surface area contributed by atoms with Gasteiger partial charge in [0.1, 0.15) is 12.2 Å². The molecule has 1 saturated carbocycles. The van der Waals surface area contributed by atoms with E-state index in [4.69, 9.17) is 10.00 Å². The minimum absolute atomic E-state index is 0.0631. The number of nitrogens with zero attached hydrogens (tertiary/aromatic N) is 1. The van der Waals surface area contributed by atoms with Crippen LogP contribution in [0.5, 0.6) is 0 Å². The molecule has 1 heterocycles. The third kappa shape index (κ3) is 2.04. The highest BCUT2D eigenvalue weighted by Crippen LogP contribution is 2.34. The molecule has 0 amide bonds. The maximum Gasteiger partial charge on any atom is 0.510 e. The Morgan fingerprint density at radius 3 is 2.53 bits per heavy atom. The highest BCUT2D eigenvalue weighted by molar-refractivity contribution is 5.63. The zero-order valence-corrected chi connectivity index (χ0v) is 8.19. The molecular weight excluding hydrogens is 201 g/mol. The predicted octanol–water partition coefficient (Wildman–Crippen LogP) is 1.94. The van der Waals surface area contributed by atoms with Crippen LogP contribution in [0.4, 0.5) is 9.18 Å². The second kappa shape index (κ2) is 4.05. The first-order chi connectivity index (χ1) is 7.20. The highest BCUT2D eigenvalue weighted by Gasteiger charge is 2.43. The van der Waals surface area contributed by atoms with Crippen molar-refractivity contribution in [1.29, 1.82) is 5.26 Å². The predicted molar refractivity (Wildman–Crippen MR) is 47.6 cm³/mol. The van der Waals surface area contributed by atoms with Crippen LogP contribution < -0.4 is 0 Å². The van der Waals surface area contributed by atoms with Crippen molar-refractivity contribution in [2.45, 2.75) is 44.1 Å². The number of alkyl halides is 1. The molecule has 0 N–H and O–H groups in total. The molecule has 0 aromatic rings. The van der Waals surface area contributed by atoms with Gasteiger partial charge in [-0.05, 0) is 25.7 Å². The standard InChI is InChI=1S/C10H12FNO3/c11-7-3-1-6(2-4-7)9-8(5-12)14-10(13)15-9/h6-9H,1-4H2. The molecule has 4 nitrogen and oxygen atoms in total. The largest absolute Gasteiger partial charge is 0.510 e. The number of carbonyl (C=O) groups is 1. The molecule has 82 valence electrons. The molecule has 0 radical (unpaired) electrons. The van der Waals surface area contributed by atoms with Crippen molar-refractivity contribution in [3.8, 4) is 6.07 Å². The Hall–Kier alpha value is -1.31. The third-order valence-electron chi connectivity index (χ3n) is 3.05. The molecule has 2 aliphatic rings. The first kappa shape index (κ1) is 10.2. The van der Waals surface area contributed by atoms with E-state index in [1.807, 2.05) is 6.07 Å². The zero-order chi connectivity index (χ0) is 10.8. The number of hydrogen-bond acceptors (Lipinski definition) is 4. The monoisotopic (exact) mass is 213 g/mol. The molecule has 15 heavy (non-hydrogen) atoms. The van der Waals surface area contributed by atoms with E-state index in [0.29, 0.717) is 25.7 Å². The number of nitriles is 1. The van der Waals surface area contributed by atoms with Crippen molar-refractivity contribution in [1.82, 2.24) is 0 Å². The second-order valence-electron chi connectivity index (χ2n) is 4.01. The van der Waals surface area contributed by atoms with Crippen molar-refractivity contribution in [2.75, 3.05) is 0 Å². The normalized spacial score (nSPS) is 40.4. The van der Waals surface area contributed by atoms with E-state index in [-0.39, 0.29) is 5.92 Å². The van der Waals surface area contributed by atoms with Gasteiger partial charge < -0.3 is 9.47 Å². The van der Waals surface area contributed by atoms with Gasteiger partial charge in [-0.15, -0.1) is 0 Å². The summed E-state index contributed by atoms with van der Waals surface area (Å²) in [4.78, 5) is 10.9. The van der Waals surface area contributed by atoms with E-state index < -0.39 is 24.5 Å². The number of cyclic esters (lactones) is 2. The van der Waals surface area contributed by atoms with Crippen molar-refractivity contribution in [3.63, 3.8) is 0 Å². The lowest BCUT2D eigenvalue weighted by Crippen LogP contribution is -2.33. The average molecular weight is 213 g/mol. The SMILES string of the molecule is N#CC1OC(=O)OC1C1CCC(F)CC1. The topological polar surface area (TPSA) is 59.3 Å². The van der Waals surface area contributed by atoms with Crippen LogP contribution >= 0.6 is 0 Å². The lowest BCUT2D eigenvalue weighted by Gasteiger charge is -2.27. The minimum Gasteiger partial charge on any atom is -0.425 e.